The van der Waals surface area contributed by atoms with Crippen molar-refractivity contribution in [3.63, 3.8) is 0 Å². The third kappa shape index (κ3) is 2.10. The van der Waals surface area contributed by atoms with Crippen LogP contribution in [0.5, 0.6) is 0 Å². The van der Waals surface area contributed by atoms with Gasteiger partial charge in [-0.3, -0.25) is 9.48 Å². The fourth-order valence-corrected chi connectivity index (χ4v) is 2.64. The van der Waals surface area contributed by atoms with Crippen molar-refractivity contribution < 1.29 is 0 Å². The van der Waals surface area contributed by atoms with Crippen LogP contribution in [-0.4, -0.2) is 23.5 Å². The van der Waals surface area contributed by atoms with Gasteiger partial charge in [-0.2, -0.15) is 0 Å². The molecule has 1 aliphatic heterocycles. The summed E-state index contributed by atoms with van der Waals surface area (Å²) >= 11 is 0. The molecule has 0 atom stereocenters. The van der Waals surface area contributed by atoms with Gasteiger partial charge in [0, 0.05) is 32.9 Å². The van der Waals surface area contributed by atoms with Crippen molar-refractivity contribution in [2.75, 3.05) is 35.8 Å². The zero-order valence-corrected chi connectivity index (χ0v) is 12.3. The van der Waals surface area contributed by atoms with Crippen molar-refractivity contribution in [2.45, 2.75) is 19.5 Å². The SMILES string of the molecule is CN(C)c1ccc(Nc2c(N)n3n(c2=O)CCC3)c(N)c1. The second kappa shape index (κ2) is 4.76. The average molecular weight is 288 g/mol. The van der Waals surface area contributed by atoms with E-state index in [1.165, 1.54) is 0 Å². The molecule has 112 valence electrons. The number of hydrogen-bond donors (Lipinski definition) is 3. The van der Waals surface area contributed by atoms with Gasteiger partial charge in [-0.15, -0.1) is 0 Å². The van der Waals surface area contributed by atoms with E-state index < -0.39 is 0 Å². The third-order valence-electron chi connectivity index (χ3n) is 3.82. The fraction of sp³-hybridized carbons (Fsp3) is 0.357. The molecule has 2 aromatic rings. The van der Waals surface area contributed by atoms with Gasteiger partial charge >= 0.3 is 0 Å². The van der Waals surface area contributed by atoms with Crippen LogP contribution in [0, 0.1) is 0 Å². The van der Waals surface area contributed by atoms with E-state index in [-0.39, 0.29) is 5.56 Å². The number of benzene rings is 1. The summed E-state index contributed by atoms with van der Waals surface area (Å²) in [6.07, 6.45) is 0.944. The number of aromatic nitrogens is 2. The van der Waals surface area contributed by atoms with Gasteiger partial charge in [-0.05, 0) is 24.6 Å². The number of nitrogens with zero attached hydrogens (tertiary/aromatic N) is 3. The summed E-state index contributed by atoms with van der Waals surface area (Å²) in [7, 11) is 3.90. The van der Waals surface area contributed by atoms with Crippen LogP contribution in [0.3, 0.4) is 0 Å². The molecule has 3 rings (SSSR count). The topological polar surface area (TPSA) is 94.2 Å². The Labute approximate surface area is 122 Å². The van der Waals surface area contributed by atoms with E-state index in [0.717, 1.165) is 18.7 Å². The summed E-state index contributed by atoms with van der Waals surface area (Å²) in [5.41, 5.74) is 14.7. The standard InChI is InChI=1S/C14H20N6O/c1-18(2)9-4-5-11(10(15)8-9)17-12-13(16)19-6-3-7-20(19)14(12)21/h4-5,8,17H,3,6-7,15-16H2,1-2H3. The van der Waals surface area contributed by atoms with Crippen LogP contribution in [0.15, 0.2) is 23.0 Å². The molecule has 2 heterocycles. The van der Waals surface area contributed by atoms with Gasteiger partial charge in [0.05, 0.1) is 11.4 Å². The number of nitrogens with one attached hydrogen (secondary N) is 1. The van der Waals surface area contributed by atoms with Gasteiger partial charge in [0.2, 0.25) is 0 Å². The largest absolute Gasteiger partial charge is 0.397 e. The first kappa shape index (κ1) is 13.4. The Morgan fingerprint density at radius 3 is 2.52 bits per heavy atom. The number of anilines is 5. The number of rotatable bonds is 3. The molecule has 1 aromatic carbocycles. The van der Waals surface area contributed by atoms with Crippen LogP contribution >= 0.6 is 0 Å². The maximum atomic E-state index is 12.3. The minimum absolute atomic E-state index is 0.0962. The summed E-state index contributed by atoms with van der Waals surface area (Å²) in [5.74, 6) is 0.466. The average Bonchev–Trinajstić information content (AvgIpc) is 3.00. The zero-order valence-electron chi connectivity index (χ0n) is 12.3. The molecule has 21 heavy (non-hydrogen) atoms. The quantitative estimate of drug-likeness (QED) is 0.733. The third-order valence-corrected chi connectivity index (χ3v) is 3.82. The minimum atomic E-state index is -0.0962. The Hall–Kier alpha value is -2.57. The Balaban J connectivity index is 1.97. The summed E-state index contributed by atoms with van der Waals surface area (Å²) in [6, 6.07) is 5.66. The fourth-order valence-electron chi connectivity index (χ4n) is 2.64. The molecule has 0 radical (unpaired) electrons. The Morgan fingerprint density at radius 1 is 1.19 bits per heavy atom. The monoisotopic (exact) mass is 288 g/mol. The summed E-state index contributed by atoms with van der Waals surface area (Å²) in [6.45, 7) is 1.48. The Bertz CT molecular complexity index is 743. The summed E-state index contributed by atoms with van der Waals surface area (Å²) in [5, 5.41) is 3.08. The van der Waals surface area contributed by atoms with E-state index >= 15 is 0 Å². The molecular formula is C14H20N6O. The van der Waals surface area contributed by atoms with Crippen LogP contribution < -0.4 is 27.2 Å². The Morgan fingerprint density at radius 2 is 1.90 bits per heavy atom. The maximum absolute atomic E-state index is 12.3. The van der Waals surface area contributed by atoms with Crippen molar-refractivity contribution in [2.24, 2.45) is 0 Å². The van der Waals surface area contributed by atoms with Crippen molar-refractivity contribution in [1.82, 2.24) is 9.36 Å². The van der Waals surface area contributed by atoms with Crippen LogP contribution in [-0.2, 0) is 13.1 Å². The van der Waals surface area contributed by atoms with Gasteiger partial charge in [-0.25, -0.2) is 4.68 Å². The van der Waals surface area contributed by atoms with Crippen molar-refractivity contribution in [3.05, 3.63) is 28.6 Å². The van der Waals surface area contributed by atoms with Crippen LogP contribution in [0.2, 0.25) is 0 Å². The molecular weight excluding hydrogens is 268 g/mol. The van der Waals surface area contributed by atoms with E-state index in [0.29, 0.717) is 29.4 Å². The molecule has 0 aliphatic carbocycles. The number of nitrogens with two attached hydrogens (primary N) is 2. The molecule has 1 aromatic heterocycles. The molecule has 0 saturated heterocycles. The van der Waals surface area contributed by atoms with E-state index in [2.05, 4.69) is 5.32 Å². The van der Waals surface area contributed by atoms with Crippen molar-refractivity contribution >= 4 is 28.6 Å². The highest BCUT2D eigenvalue weighted by atomic mass is 16.1. The predicted octanol–water partition coefficient (Wildman–Crippen LogP) is 1.03. The number of hydrogen-bond acceptors (Lipinski definition) is 5. The summed E-state index contributed by atoms with van der Waals surface area (Å²) < 4.78 is 3.48. The van der Waals surface area contributed by atoms with Gasteiger partial charge in [0.1, 0.15) is 11.5 Å². The highest BCUT2D eigenvalue weighted by molar-refractivity contribution is 5.79. The van der Waals surface area contributed by atoms with E-state index in [1.54, 1.807) is 4.68 Å². The highest BCUT2D eigenvalue weighted by Gasteiger charge is 2.21. The number of fused-ring (bicyclic) bond motifs is 1. The first-order valence-electron chi connectivity index (χ1n) is 6.92. The normalized spacial score (nSPS) is 13.2. The second-order valence-corrected chi connectivity index (χ2v) is 5.46. The van der Waals surface area contributed by atoms with Crippen LogP contribution in [0.25, 0.3) is 0 Å². The van der Waals surface area contributed by atoms with Gasteiger partial charge in [0.15, 0.2) is 0 Å². The van der Waals surface area contributed by atoms with E-state index in [9.17, 15) is 4.79 Å². The van der Waals surface area contributed by atoms with E-state index in [1.807, 2.05) is 41.9 Å². The highest BCUT2D eigenvalue weighted by Crippen LogP contribution is 2.29. The maximum Gasteiger partial charge on any atom is 0.292 e. The lowest BCUT2D eigenvalue weighted by atomic mass is 10.2. The van der Waals surface area contributed by atoms with E-state index in [4.69, 9.17) is 11.5 Å². The molecule has 7 heteroatoms. The predicted molar refractivity (Wildman–Crippen MR) is 86.2 cm³/mol. The lowest BCUT2D eigenvalue weighted by Gasteiger charge is -2.15. The second-order valence-electron chi connectivity index (χ2n) is 5.46. The van der Waals surface area contributed by atoms with Gasteiger partial charge in [-0.1, -0.05) is 0 Å². The lowest BCUT2D eigenvalue weighted by Crippen LogP contribution is -2.18. The Kier molecular flexibility index (Phi) is 3.04. The molecule has 0 unspecified atom stereocenters. The summed E-state index contributed by atoms with van der Waals surface area (Å²) in [4.78, 5) is 14.3. The van der Waals surface area contributed by atoms with Crippen molar-refractivity contribution in [3.8, 4) is 0 Å². The number of nitrogen functional groups attached to an aromatic ring is 2. The first-order chi connectivity index (χ1) is 9.99. The molecule has 0 amide bonds. The van der Waals surface area contributed by atoms with Crippen LogP contribution in [0.4, 0.5) is 28.6 Å². The minimum Gasteiger partial charge on any atom is -0.397 e. The molecule has 5 N–H and O–H groups in total. The molecule has 1 aliphatic rings. The van der Waals surface area contributed by atoms with Crippen molar-refractivity contribution in [1.29, 1.82) is 0 Å². The smallest absolute Gasteiger partial charge is 0.292 e. The lowest BCUT2D eigenvalue weighted by molar-refractivity contribution is 0.601. The molecule has 0 saturated carbocycles. The first-order valence-corrected chi connectivity index (χ1v) is 6.92. The molecule has 0 spiro atoms. The van der Waals surface area contributed by atoms with Crippen LogP contribution in [0.1, 0.15) is 6.42 Å². The van der Waals surface area contributed by atoms with Gasteiger partial charge in [0.25, 0.3) is 5.56 Å². The zero-order chi connectivity index (χ0) is 15.1. The molecule has 0 bridgehead atoms. The molecule has 7 nitrogen and oxygen atoms in total. The van der Waals surface area contributed by atoms with Gasteiger partial charge < -0.3 is 21.7 Å². The molecule has 0 fully saturated rings.